The number of benzene rings is 2. The Morgan fingerprint density at radius 2 is 1.86 bits per heavy atom. The van der Waals surface area contributed by atoms with Gasteiger partial charge in [-0.25, -0.2) is 9.50 Å². The number of fused-ring (bicyclic) bond motifs is 1. The predicted octanol–water partition coefficient (Wildman–Crippen LogP) is 4.06. The van der Waals surface area contributed by atoms with E-state index >= 15 is 0 Å². The molecule has 0 radical (unpaired) electrons. The number of imidazole rings is 1. The second-order valence-electron chi connectivity index (χ2n) is 6.27. The van der Waals surface area contributed by atoms with Gasteiger partial charge >= 0.3 is 0 Å². The quantitative estimate of drug-likeness (QED) is 0.539. The monoisotopic (exact) mass is 388 g/mol. The van der Waals surface area contributed by atoms with E-state index in [0.717, 1.165) is 16.9 Å². The van der Waals surface area contributed by atoms with Gasteiger partial charge in [-0.3, -0.25) is 4.79 Å². The van der Waals surface area contributed by atoms with E-state index in [1.165, 1.54) is 0 Å². The highest BCUT2D eigenvalue weighted by atomic mass is 16.5. The van der Waals surface area contributed by atoms with Crippen molar-refractivity contribution in [3.8, 4) is 22.9 Å². The van der Waals surface area contributed by atoms with Crippen molar-refractivity contribution in [2.45, 2.75) is 6.92 Å². The fourth-order valence-corrected chi connectivity index (χ4v) is 2.97. The number of methoxy groups -OCH3 is 1. The van der Waals surface area contributed by atoms with Crippen LogP contribution in [0.1, 0.15) is 17.3 Å². The van der Waals surface area contributed by atoms with Crippen LogP contribution in [0, 0.1) is 0 Å². The van der Waals surface area contributed by atoms with Crippen molar-refractivity contribution in [3.63, 3.8) is 0 Å². The molecule has 2 aromatic heterocycles. The van der Waals surface area contributed by atoms with Crippen LogP contribution in [-0.4, -0.2) is 34.2 Å². The fraction of sp³-hybridized carbons (Fsp3) is 0.136. The van der Waals surface area contributed by atoms with E-state index < -0.39 is 0 Å². The lowest BCUT2D eigenvalue weighted by Gasteiger charge is -2.10. The number of ether oxygens (including phenoxy) is 2. The van der Waals surface area contributed by atoms with Gasteiger partial charge in [0.05, 0.1) is 31.2 Å². The lowest BCUT2D eigenvalue weighted by atomic mass is 10.1. The van der Waals surface area contributed by atoms with E-state index in [-0.39, 0.29) is 5.91 Å². The van der Waals surface area contributed by atoms with Gasteiger partial charge in [0.1, 0.15) is 5.75 Å². The van der Waals surface area contributed by atoms with Gasteiger partial charge in [-0.2, -0.15) is 0 Å². The molecule has 2 aromatic carbocycles. The Kier molecular flexibility index (Phi) is 5.11. The lowest BCUT2D eigenvalue weighted by Crippen LogP contribution is -2.13. The largest absolute Gasteiger partial charge is 0.493 e. The third kappa shape index (κ3) is 3.89. The van der Waals surface area contributed by atoms with Crippen molar-refractivity contribution in [1.82, 2.24) is 14.6 Å². The molecule has 1 N–H and O–H groups in total. The van der Waals surface area contributed by atoms with Gasteiger partial charge in [0, 0.05) is 17.3 Å². The molecule has 0 atom stereocenters. The van der Waals surface area contributed by atoms with E-state index in [9.17, 15) is 4.79 Å². The highest BCUT2D eigenvalue weighted by molar-refractivity contribution is 6.06. The van der Waals surface area contributed by atoms with Crippen LogP contribution in [0.3, 0.4) is 0 Å². The molecule has 0 saturated heterocycles. The number of aromatic nitrogens is 3. The molecule has 7 nitrogen and oxygen atoms in total. The molecule has 0 aliphatic carbocycles. The summed E-state index contributed by atoms with van der Waals surface area (Å²) in [5, 5.41) is 7.22. The number of carbonyl (C=O) groups excluding carboxylic acids is 1. The second-order valence-corrected chi connectivity index (χ2v) is 6.27. The maximum Gasteiger partial charge on any atom is 0.259 e. The number of nitrogens with one attached hydrogen (secondary N) is 1. The molecular formula is C22H20N4O3. The minimum absolute atomic E-state index is 0.217. The molecule has 0 aliphatic heterocycles. The van der Waals surface area contributed by atoms with Crippen molar-refractivity contribution in [3.05, 3.63) is 72.4 Å². The van der Waals surface area contributed by atoms with Gasteiger partial charge in [0.15, 0.2) is 5.65 Å². The molecule has 1 amide bonds. The highest BCUT2D eigenvalue weighted by Gasteiger charge is 2.12. The predicted molar refractivity (Wildman–Crippen MR) is 111 cm³/mol. The van der Waals surface area contributed by atoms with Crippen LogP contribution in [0.4, 0.5) is 5.69 Å². The summed E-state index contributed by atoms with van der Waals surface area (Å²) in [6.07, 6.45) is 1.84. The topological polar surface area (TPSA) is 77.8 Å². The van der Waals surface area contributed by atoms with Crippen LogP contribution in [-0.2, 0) is 0 Å². The van der Waals surface area contributed by atoms with Gasteiger partial charge < -0.3 is 14.8 Å². The summed E-state index contributed by atoms with van der Waals surface area (Å²) in [7, 11) is 1.58. The molecule has 29 heavy (non-hydrogen) atoms. The summed E-state index contributed by atoms with van der Waals surface area (Å²) in [6, 6.07) is 18.3. The zero-order valence-electron chi connectivity index (χ0n) is 16.1. The number of carbonyl (C=O) groups is 1. The summed E-state index contributed by atoms with van der Waals surface area (Å²) < 4.78 is 12.3. The van der Waals surface area contributed by atoms with E-state index in [2.05, 4.69) is 15.4 Å². The molecule has 146 valence electrons. The van der Waals surface area contributed by atoms with Crippen LogP contribution in [0.2, 0.25) is 0 Å². The van der Waals surface area contributed by atoms with Crippen LogP contribution < -0.4 is 14.8 Å². The van der Waals surface area contributed by atoms with Crippen molar-refractivity contribution in [2.75, 3.05) is 19.0 Å². The average Bonchev–Trinajstić information content (AvgIpc) is 3.18. The normalized spacial score (nSPS) is 10.7. The Morgan fingerprint density at radius 1 is 1.07 bits per heavy atom. The van der Waals surface area contributed by atoms with E-state index in [4.69, 9.17) is 9.47 Å². The Hall–Kier alpha value is -3.87. The molecule has 0 saturated carbocycles. The number of amides is 1. The van der Waals surface area contributed by atoms with E-state index in [1.807, 2.05) is 55.6 Å². The third-order valence-electron chi connectivity index (χ3n) is 4.37. The fourth-order valence-electron chi connectivity index (χ4n) is 2.97. The maximum absolute atomic E-state index is 12.6. The highest BCUT2D eigenvalue weighted by Crippen LogP contribution is 2.23. The minimum atomic E-state index is -0.217. The molecular weight excluding hydrogens is 368 g/mol. The second kappa shape index (κ2) is 8.02. The van der Waals surface area contributed by atoms with Gasteiger partial charge in [-0.05, 0) is 37.3 Å². The zero-order valence-corrected chi connectivity index (χ0v) is 16.1. The van der Waals surface area contributed by atoms with Crippen molar-refractivity contribution in [1.29, 1.82) is 0 Å². The molecule has 0 bridgehead atoms. The van der Waals surface area contributed by atoms with Crippen molar-refractivity contribution < 1.29 is 14.3 Å². The molecule has 7 heteroatoms. The standard InChI is InChI=1S/C22H20N4O3/c1-3-29-19-7-5-4-6-17(19)22(27)23-16-10-8-15(9-11-16)18-14-26-20(24-18)12-13-21(25-26)28-2/h4-14H,3H2,1-2H3,(H,23,27). The summed E-state index contributed by atoms with van der Waals surface area (Å²) in [5.41, 5.74) is 3.62. The molecule has 0 aliphatic rings. The summed E-state index contributed by atoms with van der Waals surface area (Å²) in [5.74, 6) is 0.870. The first-order valence-corrected chi connectivity index (χ1v) is 9.22. The first-order chi connectivity index (χ1) is 14.2. The number of hydrogen-bond acceptors (Lipinski definition) is 5. The zero-order chi connectivity index (χ0) is 20.2. The summed E-state index contributed by atoms with van der Waals surface area (Å²) in [4.78, 5) is 17.2. The van der Waals surface area contributed by atoms with Crippen molar-refractivity contribution in [2.24, 2.45) is 0 Å². The maximum atomic E-state index is 12.6. The Morgan fingerprint density at radius 3 is 2.62 bits per heavy atom. The van der Waals surface area contributed by atoms with Crippen LogP contribution in [0.5, 0.6) is 11.6 Å². The molecule has 4 rings (SSSR count). The summed E-state index contributed by atoms with van der Waals surface area (Å²) in [6.45, 7) is 2.39. The van der Waals surface area contributed by atoms with E-state index in [1.54, 1.807) is 29.8 Å². The van der Waals surface area contributed by atoms with Gasteiger partial charge in [-0.15, -0.1) is 5.10 Å². The summed E-state index contributed by atoms with van der Waals surface area (Å²) >= 11 is 0. The van der Waals surface area contributed by atoms with Crippen LogP contribution in [0.15, 0.2) is 66.9 Å². The van der Waals surface area contributed by atoms with Crippen LogP contribution >= 0.6 is 0 Å². The van der Waals surface area contributed by atoms with Crippen molar-refractivity contribution >= 4 is 17.2 Å². The number of rotatable bonds is 6. The van der Waals surface area contributed by atoms with Crippen LogP contribution in [0.25, 0.3) is 16.9 Å². The Bertz CT molecular complexity index is 1150. The average molecular weight is 388 g/mol. The number of anilines is 1. The van der Waals surface area contributed by atoms with Gasteiger partial charge in [0.25, 0.3) is 5.91 Å². The smallest absolute Gasteiger partial charge is 0.259 e. The van der Waals surface area contributed by atoms with Gasteiger partial charge in [-0.1, -0.05) is 24.3 Å². The lowest BCUT2D eigenvalue weighted by molar-refractivity contribution is 0.102. The molecule has 4 aromatic rings. The SMILES string of the molecule is CCOc1ccccc1C(=O)Nc1ccc(-c2cn3nc(OC)ccc3n2)cc1. The molecule has 0 spiro atoms. The molecule has 0 unspecified atom stereocenters. The first kappa shape index (κ1) is 18.5. The Labute approximate surface area is 167 Å². The molecule has 0 fully saturated rings. The first-order valence-electron chi connectivity index (χ1n) is 9.22. The number of nitrogens with zero attached hydrogens (tertiary/aromatic N) is 3. The van der Waals surface area contributed by atoms with Gasteiger partial charge in [0.2, 0.25) is 5.88 Å². The number of hydrogen-bond donors (Lipinski definition) is 1. The third-order valence-corrected chi connectivity index (χ3v) is 4.37. The molecule has 2 heterocycles. The number of para-hydroxylation sites is 1. The minimum Gasteiger partial charge on any atom is -0.493 e. The Balaban J connectivity index is 1.53. The van der Waals surface area contributed by atoms with E-state index in [0.29, 0.717) is 29.5 Å².